The summed E-state index contributed by atoms with van der Waals surface area (Å²) >= 11 is 0. The van der Waals surface area contributed by atoms with Crippen molar-refractivity contribution in [2.45, 2.75) is 13.0 Å². The van der Waals surface area contributed by atoms with E-state index in [4.69, 9.17) is 14.6 Å². The average Bonchev–Trinajstić information content (AvgIpc) is 3.01. The van der Waals surface area contributed by atoms with Gasteiger partial charge in [0.05, 0.1) is 19.8 Å². The third kappa shape index (κ3) is 3.20. The predicted molar refractivity (Wildman–Crippen MR) is 92.1 cm³/mol. The van der Waals surface area contributed by atoms with Crippen molar-refractivity contribution in [2.24, 2.45) is 0 Å². The summed E-state index contributed by atoms with van der Waals surface area (Å²) in [7, 11) is 3.24. The normalized spacial score (nSPS) is 10.8. The van der Waals surface area contributed by atoms with Crippen LogP contribution in [0.1, 0.15) is 15.9 Å². The minimum absolute atomic E-state index is 0.306. The molecule has 5 nitrogen and oxygen atoms in total. The van der Waals surface area contributed by atoms with E-state index in [0.29, 0.717) is 11.3 Å². The molecule has 1 heterocycles. The number of carbonyl (C=O) groups is 1. The Bertz CT molecular complexity index is 882. The standard InChI is InChI=1S/C19H19NO4/c1-23-17-6-3-13(9-18(17)24-2)7-8-20-11-15-5-4-14(19(21)22)10-16(15)12-20/h3-6,9-12H,7-8H2,1-2H3,(H,21,22). The Labute approximate surface area is 140 Å². The lowest BCUT2D eigenvalue weighted by Crippen LogP contribution is -1.99. The fraction of sp³-hybridized carbons (Fsp3) is 0.211. The van der Waals surface area contributed by atoms with Gasteiger partial charge in [-0.05, 0) is 41.6 Å². The Morgan fingerprint density at radius 3 is 2.46 bits per heavy atom. The van der Waals surface area contributed by atoms with Crippen LogP contribution in [0.15, 0.2) is 48.8 Å². The zero-order valence-corrected chi connectivity index (χ0v) is 13.7. The summed E-state index contributed by atoms with van der Waals surface area (Å²) in [6, 6.07) is 11.1. The van der Waals surface area contributed by atoms with E-state index in [9.17, 15) is 4.79 Å². The smallest absolute Gasteiger partial charge is 0.335 e. The number of hydrogen-bond acceptors (Lipinski definition) is 3. The number of hydrogen-bond donors (Lipinski definition) is 1. The van der Waals surface area contributed by atoms with Gasteiger partial charge in [0.25, 0.3) is 0 Å². The van der Waals surface area contributed by atoms with E-state index in [0.717, 1.165) is 35.1 Å². The molecule has 24 heavy (non-hydrogen) atoms. The predicted octanol–water partition coefficient (Wildman–Crippen LogP) is 3.60. The van der Waals surface area contributed by atoms with Crippen molar-refractivity contribution in [1.29, 1.82) is 0 Å². The third-order valence-electron chi connectivity index (χ3n) is 4.05. The molecule has 1 aromatic heterocycles. The summed E-state index contributed by atoms with van der Waals surface area (Å²) in [4.78, 5) is 11.0. The first kappa shape index (κ1) is 15.9. The van der Waals surface area contributed by atoms with Crippen LogP contribution in [0, 0.1) is 0 Å². The third-order valence-corrected chi connectivity index (χ3v) is 4.05. The minimum Gasteiger partial charge on any atom is -0.493 e. The van der Waals surface area contributed by atoms with Crippen molar-refractivity contribution in [3.05, 3.63) is 59.9 Å². The van der Waals surface area contributed by atoms with E-state index in [1.807, 2.05) is 36.7 Å². The van der Waals surface area contributed by atoms with Gasteiger partial charge in [-0.25, -0.2) is 4.79 Å². The number of methoxy groups -OCH3 is 2. The fourth-order valence-electron chi connectivity index (χ4n) is 2.76. The zero-order valence-electron chi connectivity index (χ0n) is 13.7. The van der Waals surface area contributed by atoms with E-state index < -0.39 is 5.97 Å². The van der Waals surface area contributed by atoms with Gasteiger partial charge in [0.2, 0.25) is 0 Å². The Hall–Kier alpha value is -2.95. The quantitative estimate of drug-likeness (QED) is 0.752. The lowest BCUT2D eigenvalue weighted by Gasteiger charge is -2.09. The second kappa shape index (κ2) is 6.66. The first-order chi connectivity index (χ1) is 11.6. The molecule has 0 aliphatic rings. The molecule has 0 saturated heterocycles. The van der Waals surface area contributed by atoms with Crippen molar-refractivity contribution in [1.82, 2.24) is 4.57 Å². The summed E-state index contributed by atoms with van der Waals surface area (Å²) in [5, 5.41) is 11.0. The highest BCUT2D eigenvalue weighted by Crippen LogP contribution is 2.28. The molecule has 3 aromatic rings. The first-order valence-corrected chi connectivity index (χ1v) is 7.64. The summed E-state index contributed by atoms with van der Waals surface area (Å²) in [6.07, 6.45) is 4.84. The Morgan fingerprint density at radius 2 is 1.75 bits per heavy atom. The maximum Gasteiger partial charge on any atom is 0.335 e. The number of ether oxygens (including phenoxy) is 2. The summed E-state index contributed by atoms with van der Waals surface area (Å²) in [6.45, 7) is 0.798. The number of aryl methyl sites for hydroxylation is 2. The van der Waals surface area contributed by atoms with Crippen molar-refractivity contribution in [2.75, 3.05) is 14.2 Å². The molecule has 0 aliphatic heterocycles. The van der Waals surface area contributed by atoms with Crippen LogP contribution in [0.3, 0.4) is 0 Å². The number of benzene rings is 2. The van der Waals surface area contributed by atoms with Gasteiger partial charge >= 0.3 is 5.97 Å². The SMILES string of the molecule is COc1ccc(CCn2cc3ccc(C(=O)O)cc3c2)cc1OC. The molecule has 3 rings (SSSR count). The Balaban J connectivity index is 1.77. The molecule has 0 radical (unpaired) electrons. The lowest BCUT2D eigenvalue weighted by atomic mass is 10.1. The van der Waals surface area contributed by atoms with Crippen LogP contribution in [0.5, 0.6) is 11.5 Å². The van der Waals surface area contributed by atoms with Gasteiger partial charge in [0.1, 0.15) is 0 Å². The van der Waals surface area contributed by atoms with Crippen molar-refractivity contribution >= 4 is 16.7 Å². The van der Waals surface area contributed by atoms with E-state index >= 15 is 0 Å². The summed E-state index contributed by atoms with van der Waals surface area (Å²) in [5.41, 5.74) is 1.46. The first-order valence-electron chi connectivity index (χ1n) is 7.64. The van der Waals surface area contributed by atoms with Crippen LogP contribution in [0.4, 0.5) is 0 Å². The maximum absolute atomic E-state index is 11.0. The molecule has 0 amide bonds. The van der Waals surface area contributed by atoms with E-state index in [2.05, 4.69) is 4.57 Å². The molecule has 124 valence electrons. The highest BCUT2D eigenvalue weighted by molar-refractivity contribution is 5.94. The lowest BCUT2D eigenvalue weighted by molar-refractivity contribution is 0.0697. The maximum atomic E-state index is 11.0. The van der Waals surface area contributed by atoms with Gasteiger partial charge in [-0.2, -0.15) is 0 Å². The van der Waals surface area contributed by atoms with Gasteiger partial charge in [-0.15, -0.1) is 0 Å². The second-order valence-electron chi connectivity index (χ2n) is 5.58. The van der Waals surface area contributed by atoms with Gasteiger partial charge in [-0.1, -0.05) is 12.1 Å². The molecule has 0 saturated carbocycles. The molecule has 2 aromatic carbocycles. The van der Waals surface area contributed by atoms with Crippen molar-refractivity contribution in [3.8, 4) is 11.5 Å². The molecule has 5 heteroatoms. The molecule has 0 unspecified atom stereocenters. The molecule has 0 bridgehead atoms. The van der Waals surface area contributed by atoms with Crippen molar-refractivity contribution in [3.63, 3.8) is 0 Å². The highest BCUT2D eigenvalue weighted by Gasteiger charge is 2.07. The van der Waals surface area contributed by atoms with Gasteiger partial charge < -0.3 is 19.1 Å². The molecule has 0 atom stereocenters. The van der Waals surface area contributed by atoms with E-state index in [1.54, 1.807) is 26.4 Å². The zero-order chi connectivity index (χ0) is 17.1. The number of aromatic nitrogens is 1. The van der Waals surface area contributed by atoms with Crippen LogP contribution in [-0.4, -0.2) is 29.9 Å². The number of nitrogens with zero attached hydrogens (tertiary/aromatic N) is 1. The molecule has 1 N–H and O–H groups in total. The van der Waals surface area contributed by atoms with Crippen LogP contribution in [0.25, 0.3) is 10.8 Å². The number of rotatable bonds is 6. The largest absolute Gasteiger partial charge is 0.493 e. The van der Waals surface area contributed by atoms with E-state index in [1.165, 1.54) is 0 Å². The highest BCUT2D eigenvalue weighted by atomic mass is 16.5. The van der Waals surface area contributed by atoms with Gasteiger partial charge in [0, 0.05) is 24.3 Å². The second-order valence-corrected chi connectivity index (χ2v) is 5.58. The molecular formula is C19H19NO4. The fourth-order valence-corrected chi connectivity index (χ4v) is 2.76. The van der Waals surface area contributed by atoms with Crippen LogP contribution in [-0.2, 0) is 13.0 Å². The monoisotopic (exact) mass is 325 g/mol. The topological polar surface area (TPSA) is 60.7 Å². The summed E-state index contributed by atoms with van der Waals surface area (Å²) < 4.78 is 12.6. The minimum atomic E-state index is -0.907. The van der Waals surface area contributed by atoms with Crippen LogP contribution < -0.4 is 9.47 Å². The van der Waals surface area contributed by atoms with Crippen molar-refractivity contribution < 1.29 is 19.4 Å². The molecular weight excluding hydrogens is 306 g/mol. The van der Waals surface area contributed by atoms with E-state index in [-0.39, 0.29) is 0 Å². The molecule has 0 spiro atoms. The van der Waals surface area contributed by atoms with Gasteiger partial charge in [0.15, 0.2) is 11.5 Å². The molecule has 0 fully saturated rings. The Kier molecular flexibility index (Phi) is 4.42. The average molecular weight is 325 g/mol. The van der Waals surface area contributed by atoms with Gasteiger partial charge in [-0.3, -0.25) is 0 Å². The molecule has 0 aliphatic carbocycles. The number of aromatic carboxylic acids is 1. The van der Waals surface area contributed by atoms with Crippen LogP contribution in [0.2, 0.25) is 0 Å². The summed E-state index contributed by atoms with van der Waals surface area (Å²) in [5.74, 6) is 0.530. The number of carboxylic acids is 1. The number of carboxylic acid groups (broad SMARTS) is 1. The van der Waals surface area contributed by atoms with Crippen LogP contribution >= 0.6 is 0 Å². The Morgan fingerprint density at radius 1 is 1.00 bits per heavy atom. The number of fused-ring (bicyclic) bond motifs is 1.